The molecule has 0 spiro atoms. The van der Waals surface area contributed by atoms with Gasteiger partial charge in [0.1, 0.15) is 0 Å². The van der Waals surface area contributed by atoms with Crippen LogP contribution in [0.25, 0.3) is 0 Å². The summed E-state index contributed by atoms with van der Waals surface area (Å²) in [6.07, 6.45) is 31.1. The van der Waals surface area contributed by atoms with E-state index in [0.29, 0.717) is 7.92 Å². The van der Waals surface area contributed by atoms with Crippen LogP contribution in [0.1, 0.15) is 103 Å². The molecule has 0 saturated heterocycles. The van der Waals surface area contributed by atoms with Crippen molar-refractivity contribution in [3.63, 3.8) is 0 Å². The molecule has 0 nitrogen and oxygen atoms in total. The number of rotatable bonds is 4. The first-order chi connectivity index (χ1) is 14.3. The van der Waals surface area contributed by atoms with Crippen LogP contribution in [0, 0.1) is 0 Å². The zero-order valence-corrected chi connectivity index (χ0v) is 24.8. The molecule has 0 aromatic heterocycles. The zero-order chi connectivity index (χ0) is 22.7. The van der Waals surface area contributed by atoms with Crippen molar-refractivity contribution in [3.05, 3.63) is 22.4 Å². The molecule has 3 heteroatoms. The maximum absolute atomic E-state index is 6.97. The van der Waals surface area contributed by atoms with Gasteiger partial charge in [-0.2, -0.15) is 0 Å². The first-order valence-electron chi connectivity index (χ1n) is 13.0. The number of hydrogen-bond donors (Lipinski definition) is 0. The Morgan fingerprint density at radius 2 is 1.00 bits per heavy atom. The molecule has 4 aliphatic rings. The maximum atomic E-state index is 6.97. The average molecular weight is 557 g/mol. The normalized spacial score (nSPS) is 28.1. The van der Waals surface area contributed by atoms with Gasteiger partial charge in [-0.05, 0) is 55.5 Å². The number of halogens is 1. The van der Waals surface area contributed by atoms with E-state index in [4.69, 9.17) is 9.69 Å². The van der Waals surface area contributed by atoms with E-state index >= 15 is 0 Å². The Balaban J connectivity index is 0.000000196. The second-order valence-corrected chi connectivity index (χ2v) is 51.9. The van der Waals surface area contributed by atoms with Gasteiger partial charge in [0.2, 0.25) is 0 Å². The quantitative estimate of drug-likeness (QED) is 0.238. The SMILES string of the molecule is C1CCC(P(C2CCCCC2)C2CCCCC2)CC1.[CH3][Ru]([CH3])([CH3])([CH3])([CH3])([Cl])[C]1=CC=CC1. The van der Waals surface area contributed by atoms with Gasteiger partial charge in [0.15, 0.2) is 0 Å². The van der Waals surface area contributed by atoms with Gasteiger partial charge in [0, 0.05) is 0 Å². The van der Waals surface area contributed by atoms with Gasteiger partial charge in [-0.1, -0.05) is 65.7 Å². The fraction of sp³-hybridized carbons (Fsp3) is 0.857. The third-order valence-corrected chi connectivity index (χ3v) is 19.7. The summed E-state index contributed by atoms with van der Waals surface area (Å²) in [6, 6.07) is 0. The summed E-state index contributed by atoms with van der Waals surface area (Å²) in [7, 11) is 3.78. The molecule has 0 heterocycles. The predicted molar refractivity (Wildman–Crippen MR) is 145 cm³/mol. The van der Waals surface area contributed by atoms with Crippen LogP contribution in [-0.4, -0.2) is 17.0 Å². The molecule has 31 heavy (non-hydrogen) atoms. The van der Waals surface area contributed by atoms with E-state index in [9.17, 15) is 0 Å². The number of hydrogen-bond acceptors (Lipinski definition) is 0. The van der Waals surface area contributed by atoms with Crippen LogP contribution in [-0.2, 0) is 10.3 Å². The number of allylic oxidation sites excluding steroid dienone is 4. The minimum absolute atomic E-state index is 0.385. The monoisotopic (exact) mass is 557 g/mol. The van der Waals surface area contributed by atoms with Gasteiger partial charge in [-0.25, -0.2) is 0 Å². The molecule has 0 amide bonds. The zero-order valence-electron chi connectivity index (χ0n) is 21.5. The first-order valence-corrected chi connectivity index (χ1v) is 26.4. The van der Waals surface area contributed by atoms with Crippen LogP contribution in [0.5, 0.6) is 0 Å². The fourth-order valence-electron chi connectivity index (χ4n) is 6.15. The Morgan fingerprint density at radius 3 is 1.23 bits per heavy atom. The van der Waals surface area contributed by atoms with E-state index in [0.717, 1.165) is 6.42 Å². The predicted octanol–water partition coefficient (Wildman–Crippen LogP) is 11.5. The fourth-order valence-corrected chi connectivity index (χ4v) is 15.3. The summed E-state index contributed by atoms with van der Waals surface area (Å²) in [5.74, 6) is 0. The summed E-state index contributed by atoms with van der Waals surface area (Å²) >= 11 is 0. The molecular weight excluding hydrogens is 504 g/mol. The Morgan fingerprint density at radius 1 is 0.645 bits per heavy atom. The molecule has 4 rings (SSSR count). The van der Waals surface area contributed by atoms with Crippen LogP contribution >= 0.6 is 17.6 Å². The molecule has 0 atom stereocenters. The van der Waals surface area contributed by atoms with E-state index in [-0.39, 0.29) is 0 Å². The van der Waals surface area contributed by atoms with Crippen molar-refractivity contribution in [2.24, 2.45) is 0 Å². The van der Waals surface area contributed by atoms with Crippen molar-refractivity contribution in [2.45, 2.75) is 147 Å². The van der Waals surface area contributed by atoms with Crippen LogP contribution in [0.2, 0.25) is 27.6 Å². The van der Waals surface area contributed by atoms with Crippen molar-refractivity contribution in [2.75, 3.05) is 0 Å². The van der Waals surface area contributed by atoms with E-state index in [1.54, 1.807) is 77.0 Å². The van der Waals surface area contributed by atoms with Crippen LogP contribution in [0.15, 0.2) is 22.4 Å². The Labute approximate surface area is 196 Å². The van der Waals surface area contributed by atoms with Crippen LogP contribution in [0.3, 0.4) is 0 Å². The summed E-state index contributed by atoms with van der Waals surface area (Å²) in [5.41, 5.74) is 14.8. The van der Waals surface area contributed by atoms with Crippen LogP contribution in [0.4, 0.5) is 0 Å². The first kappa shape index (κ1) is 26.4. The summed E-state index contributed by atoms with van der Waals surface area (Å²) in [6.45, 7) is 0. The summed E-state index contributed by atoms with van der Waals surface area (Å²) < 4.78 is 1.43. The third kappa shape index (κ3) is 8.22. The molecule has 0 radical (unpaired) electrons. The van der Waals surface area contributed by atoms with Crippen molar-refractivity contribution >= 4 is 17.6 Å². The molecule has 185 valence electrons. The minimum atomic E-state index is -3.57. The Hall–Kier alpha value is 0.823. The van der Waals surface area contributed by atoms with Crippen molar-refractivity contribution in [1.29, 1.82) is 0 Å². The van der Waals surface area contributed by atoms with Crippen molar-refractivity contribution < 1.29 is 10.3 Å². The molecule has 3 fully saturated rings. The third-order valence-electron chi connectivity index (χ3n) is 7.93. The summed E-state index contributed by atoms with van der Waals surface area (Å²) in [5, 5.41) is 0. The molecule has 0 aromatic rings. The van der Waals surface area contributed by atoms with Gasteiger partial charge < -0.3 is 0 Å². The second-order valence-electron chi connectivity index (χ2n) is 13.7. The Kier molecular flexibility index (Phi) is 7.50. The van der Waals surface area contributed by atoms with Gasteiger partial charge in [0.05, 0.1) is 0 Å². The molecule has 0 bridgehead atoms. The van der Waals surface area contributed by atoms with Crippen molar-refractivity contribution in [1.82, 2.24) is 0 Å². The van der Waals surface area contributed by atoms with Crippen LogP contribution < -0.4 is 0 Å². The molecule has 0 aromatic carbocycles. The molecule has 0 N–H and O–H groups in total. The van der Waals surface area contributed by atoms with Gasteiger partial charge in [0.25, 0.3) is 0 Å². The average Bonchev–Trinajstić information content (AvgIpc) is 3.27. The van der Waals surface area contributed by atoms with Crippen molar-refractivity contribution in [3.8, 4) is 0 Å². The molecule has 4 aliphatic carbocycles. The van der Waals surface area contributed by atoms with Gasteiger partial charge in [-0.15, -0.1) is 0 Å². The molecule has 3 saturated carbocycles. The summed E-state index contributed by atoms with van der Waals surface area (Å²) in [4.78, 5) is 0. The van der Waals surface area contributed by atoms with E-state index in [1.165, 1.54) is 40.4 Å². The van der Waals surface area contributed by atoms with E-state index in [2.05, 4.69) is 45.8 Å². The van der Waals surface area contributed by atoms with Gasteiger partial charge in [-0.3, -0.25) is 0 Å². The molecule has 0 unspecified atom stereocenters. The molecule has 0 aliphatic heterocycles. The van der Waals surface area contributed by atoms with E-state index in [1.807, 2.05) is 0 Å². The van der Waals surface area contributed by atoms with E-state index < -0.39 is 10.3 Å². The molecular formula is C28H53ClPRu. The second kappa shape index (κ2) is 8.80. The topological polar surface area (TPSA) is 0 Å². The Bertz CT molecular complexity index is 612. The standard InChI is InChI=1S/C18H33P.C5H5.5CH3.ClH.Ru/c1-4-10-16(11-5-1)19(17-12-6-2-7-13-17)18-14-8-3-9-15-18;1-2-4-5-3-1;;;;;;;/h16-18H,1-15H2;1-3H,4H2;5*1H3;1H;/q;;;;;;;;+1/p-1. The van der Waals surface area contributed by atoms with Gasteiger partial charge >= 0.3 is 76.4 Å².